The molecule has 0 spiro atoms. The fourth-order valence-electron chi connectivity index (χ4n) is 1.55. The van der Waals surface area contributed by atoms with Gasteiger partial charge in [-0.05, 0) is 12.8 Å². The first-order chi connectivity index (χ1) is 6.07. The molecule has 1 aromatic heterocycles. The van der Waals surface area contributed by atoms with E-state index < -0.39 is 11.9 Å². The molecule has 0 atom stereocenters. The van der Waals surface area contributed by atoms with Crippen molar-refractivity contribution < 1.29 is 13.2 Å². The van der Waals surface area contributed by atoms with Crippen LogP contribution in [0.3, 0.4) is 0 Å². The van der Waals surface area contributed by atoms with Crippen molar-refractivity contribution in [2.45, 2.75) is 32.0 Å². The van der Waals surface area contributed by atoms with E-state index in [0.717, 1.165) is 19.0 Å². The molecule has 0 saturated heterocycles. The first kappa shape index (κ1) is 8.59. The van der Waals surface area contributed by atoms with Crippen LogP contribution in [-0.2, 0) is 19.1 Å². The molecule has 72 valence electrons. The summed E-state index contributed by atoms with van der Waals surface area (Å²) in [5, 5.41) is 0. The SMILES string of the molecule is FC(F)(F)c1cn2c(n1)CCCC2. The second-order valence-electron chi connectivity index (χ2n) is 3.19. The molecule has 0 bridgehead atoms. The van der Waals surface area contributed by atoms with Crippen LogP contribution in [0.5, 0.6) is 0 Å². The maximum Gasteiger partial charge on any atom is 0.434 e. The Kier molecular flexibility index (Phi) is 1.82. The van der Waals surface area contributed by atoms with Gasteiger partial charge < -0.3 is 4.57 Å². The van der Waals surface area contributed by atoms with Gasteiger partial charge in [0.1, 0.15) is 5.82 Å². The minimum Gasteiger partial charge on any atom is -0.334 e. The van der Waals surface area contributed by atoms with Gasteiger partial charge in [0, 0.05) is 19.2 Å². The van der Waals surface area contributed by atoms with Crippen molar-refractivity contribution in [2.24, 2.45) is 0 Å². The number of hydrogen-bond donors (Lipinski definition) is 0. The lowest BCUT2D eigenvalue weighted by atomic mass is 10.2. The van der Waals surface area contributed by atoms with Crippen molar-refractivity contribution in [3.63, 3.8) is 0 Å². The molecule has 2 nitrogen and oxygen atoms in total. The van der Waals surface area contributed by atoms with Gasteiger partial charge in [0.05, 0.1) is 0 Å². The molecule has 0 aromatic carbocycles. The van der Waals surface area contributed by atoms with Gasteiger partial charge in [-0.2, -0.15) is 13.2 Å². The molecule has 0 radical (unpaired) electrons. The number of nitrogens with zero attached hydrogens (tertiary/aromatic N) is 2. The molecule has 2 rings (SSSR count). The summed E-state index contributed by atoms with van der Waals surface area (Å²) in [4.78, 5) is 3.56. The summed E-state index contributed by atoms with van der Waals surface area (Å²) >= 11 is 0. The van der Waals surface area contributed by atoms with Crippen molar-refractivity contribution in [3.05, 3.63) is 17.7 Å². The molecule has 0 fully saturated rings. The summed E-state index contributed by atoms with van der Waals surface area (Å²) in [6.07, 6.45) is -0.649. The normalized spacial score (nSPS) is 17.2. The standard InChI is InChI=1S/C8H9F3N2/c9-8(10,11)6-5-13-4-2-1-3-7(13)12-6/h5H,1-4H2. The molecule has 0 unspecified atom stereocenters. The van der Waals surface area contributed by atoms with Crippen LogP contribution in [0.15, 0.2) is 6.20 Å². The highest BCUT2D eigenvalue weighted by molar-refractivity contribution is 5.09. The van der Waals surface area contributed by atoms with Crippen LogP contribution in [0, 0.1) is 0 Å². The minimum atomic E-state index is -4.30. The van der Waals surface area contributed by atoms with Crippen LogP contribution < -0.4 is 0 Å². The molecule has 2 heterocycles. The third-order valence-electron chi connectivity index (χ3n) is 2.20. The monoisotopic (exact) mass is 190 g/mol. The Hall–Kier alpha value is -1.00. The fraction of sp³-hybridized carbons (Fsp3) is 0.625. The van der Waals surface area contributed by atoms with E-state index >= 15 is 0 Å². The number of halogens is 3. The van der Waals surface area contributed by atoms with Gasteiger partial charge in [0.15, 0.2) is 5.69 Å². The summed E-state index contributed by atoms with van der Waals surface area (Å²) < 4.78 is 38.2. The molecule has 0 N–H and O–H groups in total. The summed E-state index contributed by atoms with van der Waals surface area (Å²) in [5.74, 6) is 0.568. The smallest absolute Gasteiger partial charge is 0.334 e. The zero-order chi connectivity index (χ0) is 9.47. The minimum absolute atomic E-state index is 0.568. The summed E-state index contributed by atoms with van der Waals surface area (Å²) in [7, 11) is 0. The molecule has 0 aliphatic carbocycles. The molecule has 1 aromatic rings. The quantitative estimate of drug-likeness (QED) is 0.613. The lowest BCUT2D eigenvalue weighted by molar-refractivity contribution is -0.141. The van der Waals surface area contributed by atoms with Crippen LogP contribution in [0.25, 0.3) is 0 Å². The van der Waals surface area contributed by atoms with Crippen LogP contribution in [-0.4, -0.2) is 9.55 Å². The maximum atomic E-state index is 12.2. The highest BCUT2D eigenvalue weighted by Crippen LogP contribution is 2.29. The zero-order valence-corrected chi connectivity index (χ0v) is 6.93. The molecule has 5 heteroatoms. The topological polar surface area (TPSA) is 17.8 Å². The first-order valence-corrected chi connectivity index (χ1v) is 4.20. The lowest BCUT2D eigenvalue weighted by Crippen LogP contribution is -2.08. The second kappa shape index (κ2) is 2.75. The van der Waals surface area contributed by atoms with Crippen LogP contribution in [0.2, 0.25) is 0 Å². The third kappa shape index (κ3) is 1.55. The van der Waals surface area contributed by atoms with Crippen molar-refractivity contribution in [3.8, 4) is 0 Å². The van der Waals surface area contributed by atoms with E-state index in [-0.39, 0.29) is 0 Å². The number of alkyl halides is 3. The van der Waals surface area contributed by atoms with Gasteiger partial charge in [0.2, 0.25) is 0 Å². The lowest BCUT2D eigenvalue weighted by Gasteiger charge is -2.11. The zero-order valence-electron chi connectivity index (χ0n) is 6.93. The van der Waals surface area contributed by atoms with E-state index in [4.69, 9.17) is 0 Å². The number of imidazole rings is 1. The van der Waals surface area contributed by atoms with E-state index in [1.807, 2.05) is 0 Å². The predicted octanol–water partition coefficient (Wildman–Crippen LogP) is 2.24. The van der Waals surface area contributed by atoms with Gasteiger partial charge in [-0.25, -0.2) is 4.98 Å². The van der Waals surface area contributed by atoms with Crippen LogP contribution in [0.4, 0.5) is 13.2 Å². The Labute approximate surface area is 73.4 Å². The molecule has 13 heavy (non-hydrogen) atoms. The van der Waals surface area contributed by atoms with Crippen molar-refractivity contribution >= 4 is 0 Å². The molecule has 0 amide bonds. The number of aromatic nitrogens is 2. The van der Waals surface area contributed by atoms with E-state index in [9.17, 15) is 13.2 Å². The van der Waals surface area contributed by atoms with Gasteiger partial charge >= 0.3 is 6.18 Å². The first-order valence-electron chi connectivity index (χ1n) is 4.20. The second-order valence-corrected chi connectivity index (χ2v) is 3.19. The molecule has 1 aliphatic heterocycles. The molecule has 0 saturated carbocycles. The summed E-state index contributed by atoms with van der Waals surface area (Å²) in [6.45, 7) is 0.665. The summed E-state index contributed by atoms with van der Waals surface area (Å²) in [6, 6.07) is 0. The van der Waals surface area contributed by atoms with E-state index in [1.165, 1.54) is 0 Å². The Bertz CT molecular complexity index is 290. The largest absolute Gasteiger partial charge is 0.434 e. The van der Waals surface area contributed by atoms with Gasteiger partial charge in [-0.1, -0.05) is 0 Å². The Balaban J connectivity index is 2.36. The van der Waals surface area contributed by atoms with Crippen LogP contribution in [0.1, 0.15) is 24.4 Å². The highest BCUT2D eigenvalue weighted by atomic mass is 19.4. The van der Waals surface area contributed by atoms with Gasteiger partial charge in [0.25, 0.3) is 0 Å². The van der Waals surface area contributed by atoms with Gasteiger partial charge in [-0.15, -0.1) is 0 Å². The fourth-order valence-corrected chi connectivity index (χ4v) is 1.55. The Morgan fingerprint density at radius 1 is 1.31 bits per heavy atom. The van der Waals surface area contributed by atoms with Crippen molar-refractivity contribution in [2.75, 3.05) is 0 Å². The van der Waals surface area contributed by atoms with Gasteiger partial charge in [-0.3, -0.25) is 0 Å². The average Bonchev–Trinajstić information content (AvgIpc) is 2.45. The summed E-state index contributed by atoms with van der Waals surface area (Å²) in [5.41, 5.74) is -0.760. The maximum absolute atomic E-state index is 12.2. The third-order valence-corrected chi connectivity index (χ3v) is 2.20. The van der Waals surface area contributed by atoms with Crippen molar-refractivity contribution in [1.82, 2.24) is 9.55 Å². The Morgan fingerprint density at radius 3 is 2.69 bits per heavy atom. The number of fused-ring (bicyclic) bond motifs is 1. The van der Waals surface area contributed by atoms with Crippen molar-refractivity contribution in [1.29, 1.82) is 0 Å². The Morgan fingerprint density at radius 2 is 2.08 bits per heavy atom. The number of hydrogen-bond acceptors (Lipinski definition) is 1. The van der Waals surface area contributed by atoms with Crippen LogP contribution >= 0.6 is 0 Å². The highest BCUT2D eigenvalue weighted by Gasteiger charge is 2.34. The molecular formula is C8H9F3N2. The number of aryl methyl sites for hydroxylation is 2. The molecule has 1 aliphatic rings. The molecular weight excluding hydrogens is 181 g/mol. The predicted molar refractivity (Wildman–Crippen MR) is 40.2 cm³/mol. The van der Waals surface area contributed by atoms with E-state index in [2.05, 4.69) is 4.98 Å². The average molecular weight is 190 g/mol. The number of rotatable bonds is 0. The van der Waals surface area contributed by atoms with E-state index in [1.54, 1.807) is 4.57 Å². The van der Waals surface area contributed by atoms with E-state index in [0.29, 0.717) is 18.8 Å².